The highest BCUT2D eigenvalue weighted by Gasteiger charge is 2.22. The number of carbonyl (C=O) groups excluding carboxylic acids is 3. The lowest BCUT2D eigenvalue weighted by Crippen LogP contribution is -2.44. The van der Waals surface area contributed by atoms with Gasteiger partial charge in [-0.25, -0.2) is 0 Å². The van der Waals surface area contributed by atoms with E-state index in [1.54, 1.807) is 0 Å². The van der Waals surface area contributed by atoms with Crippen molar-refractivity contribution < 1.29 is 42.9 Å². The van der Waals surface area contributed by atoms with Gasteiger partial charge in [0.25, 0.3) is 0 Å². The zero-order valence-corrected chi connectivity index (χ0v) is 47.5. The molecule has 0 rings (SSSR count). The number of carbonyl (C=O) groups is 3. The van der Waals surface area contributed by atoms with Crippen molar-refractivity contribution in [3.63, 3.8) is 0 Å². The Morgan fingerprint density at radius 3 is 1.10 bits per heavy atom. The monoisotopic (exact) mass is 1020 g/mol. The zero-order valence-electron chi connectivity index (χ0n) is 47.5. The number of nitrogens with zero attached hydrogens (tertiary/aromatic N) is 1. The van der Waals surface area contributed by atoms with Crippen molar-refractivity contribution in [3.8, 4) is 0 Å². The number of unbranched alkanes of at least 4 members (excludes halogenated alkanes) is 22. The van der Waals surface area contributed by atoms with Gasteiger partial charge in [-0.1, -0.05) is 227 Å². The minimum absolute atomic E-state index is 0.141. The lowest BCUT2D eigenvalue weighted by atomic mass is 10.0. The first-order valence-electron chi connectivity index (χ1n) is 29.4. The molecule has 0 aromatic rings. The summed E-state index contributed by atoms with van der Waals surface area (Å²) in [7, 11) is 5.91. The van der Waals surface area contributed by atoms with Crippen LogP contribution in [-0.4, -0.2) is 82.3 Å². The summed E-state index contributed by atoms with van der Waals surface area (Å²) >= 11 is 0. The van der Waals surface area contributed by atoms with Gasteiger partial charge in [-0.05, 0) is 89.9 Å². The second-order valence-electron chi connectivity index (χ2n) is 20.5. The van der Waals surface area contributed by atoms with Crippen molar-refractivity contribution in [1.82, 2.24) is 0 Å². The molecule has 2 unspecified atom stereocenters. The van der Waals surface area contributed by atoms with Gasteiger partial charge in [0, 0.05) is 12.8 Å². The standard InChI is InChI=1S/C64H109NO8/c1-6-8-10-12-14-16-18-20-22-23-24-25-26-27-28-29-30-31-32-33-34-35-36-37-38-39-41-43-45-47-49-51-53-55-62(67)73-60(59-72-64(63(68)69)70-57-56-65(3,4)5)58-71-61(66)54-52-50-48-46-44-42-40-21-19-17-15-13-11-9-7-2/h8-11,14-17,20-22,24-25,27-28,40,60,64H,6-7,12-13,18-19,23,26,29-39,41-59H2,1-5H3/b10-8-,11-9-,16-14-,17-15-,22-20-,25-24-,28-27-,40-21-. The Balaban J connectivity index is 4.14. The van der Waals surface area contributed by atoms with Gasteiger partial charge in [0.15, 0.2) is 12.4 Å². The van der Waals surface area contributed by atoms with Gasteiger partial charge in [0.1, 0.15) is 13.2 Å². The molecule has 0 aliphatic rings. The highest BCUT2D eigenvalue weighted by atomic mass is 16.7. The fourth-order valence-electron chi connectivity index (χ4n) is 7.87. The SMILES string of the molecule is CC/C=C\C/C=C\C/C=C\C/C=C\C/C=C\CCCCCCCCCCCCCCCCCCCC(=O)OC(COC(=O)CCCCCCC/C=C\C/C=C\C/C=C\CC)COC(OCC[N+](C)(C)C)C(=O)[O-]. The molecule has 418 valence electrons. The molecule has 0 saturated carbocycles. The highest BCUT2D eigenvalue weighted by molar-refractivity contribution is 5.70. The molecule has 0 aliphatic heterocycles. The Morgan fingerprint density at radius 1 is 0.411 bits per heavy atom. The van der Waals surface area contributed by atoms with Crippen LogP contribution in [0.2, 0.25) is 0 Å². The Labute approximate surface area is 448 Å². The topological polar surface area (TPSA) is 111 Å². The van der Waals surface area contributed by atoms with Crippen molar-refractivity contribution in [2.75, 3.05) is 47.5 Å². The van der Waals surface area contributed by atoms with E-state index in [2.05, 4.69) is 111 Å². The quantitative estimate of drug-likeness (QED) is 0.0195. The summed E-state index contributed by atoms with van der Waals surface area (Å²) in [5, 5.41) is 11.8. The van der Waals surface area contributed by atoms with Crippen LogP contribution in [0.4, 0.5) is 0 Å². The largest absolute Gasteiger partial charge is 0.545 e. The first kappa shape index (κ1) is 69.2. The van der Waals surface area contributed by atoms with Crippen molar-refractivity contribution in [2.24, 2.45) is 0 Å². The van der Waals surface area contributed by atoms with Crippen molar-refractivity contribution >= 4 is 17.9 Å². The van der Waals surface area contributed by atoms with Crippen LogP contribution in [0.3, 0.4) is 0 Å². The van der Waals surface area contributed by atoms with E-state index in [9.17, 15) is 19.5 Å². The number of hydrogen-bond donors (Lipinski definition) is 0. The van der Waals surface area contributed by atoms with E-state index in [1.165, 1.54) is 89.9 Å². The third kappa shape index (κ3) is 55.8. The van der Waals surface area contributed by atoms with Crippen LogP contribution >= 0.6 is 0 Å². The fraction of sp³-hybridized carbons (Fsp3) is 0.703. The Morgan fingerprint density at radius 2 is 0.740 bits per heavy atom. The van der Waals surface area contributed by atoms with E-state index in [1.807, 2.05) is 21.1 Å². The minimum atomic E-state index is -1.63. The maximum atomic E-state index is 12.9. The summed E-state index contributed by atoms with van der Waals surface area (Å²) in [5.74, 6) is -2.31. The Kier molecular flexibility index (Phi) is 51.6. The maximum Gasteiger partial charge on any atom is 0.306 e. The smallest absolute Gasteiger partial charge is 0.306 e. The number of aliphatic carboxylic acids is 1. The molecule has 0 bridgehead atoms. The molecule has 0 amide bonds. The van der Waals surface area contributed by atoms with Crippen molar-refractivity contribution in [1.29, 1.82) is 0 Å². The number of carboxylic acids is 1. The van der Waals surface area contributed by atoms with Gasteiger partial charge >= 0.3 is 11.9 Å². The van der Waals surface area contributed by atoms with Crippen LogP contribution in [0.15, 0.2) is 97.2 Å². The van der Waals surface area contributed by atoms with E-state index in [0.717, 1.165) is 109 Å². The number of quaternary nitrogens is 1. The highest BCUT2D eigenvalue weighted by Crippen LogP contribution is 2.16. The molecular formula is C64H109NO8. The molecule has 9 heteroatoms. The number of carboxylic acid groups (broad SMARTS) is 1. The van der Waals surface area contributed by atoms with Crippen LogP contribution in [-0.2, 0) is 33.3 Å². The average molecular weight is 1020 g/mol. The summed E-state index contributed by atoms with van der Waals surface area (Å²) in [6.07, 6.45) is 70.4. The number of esters is 2. The molecule has 0 aromatic heterocycles. The molecule has 9 nitrogen and oxygen atoms in total. The predicted molar refractivity (Wildman–Crippen MR) is 306 cm³/mol. The summed E-state index contributed by atoms with van der Waals surface area (Å²) in [6, 6.07) is 0. The number of rotatable bonds is 53. The number of hydrogen-bond acceptors (Lipinski definition) is 8. The first-order chi connectivity index (χ1) is 35.6. The summed E-state index contributed by atoms with van der Waals surface area (Å²) in [4.78, 5) is 37.2. The van der Waals surface area contributed by atoms with Crippen LogP contribution in [0.1, 0.15) is 232 Å². The van der Waals surface area contributed by atoms with Crippen LogP contribution in [0, 0.1) is 0 Å². The summed E-state index contributed by atoms with van der Waals surface area (Å²) in [5.41, 5.74) is 0. The van der Waals surface area contributed by atoms with Gasteiger partial charge in [-0.2, -0.15) is 0 Å². The van der Waals surface area contributed by atoms with Gasteiger partial charge in [-0.15, -0.1) is 0 Å². The molecule has 0 aromatic carbocycles. The molecular weight excluding hydrogens is 911 g/mol. The molecule has 73 heavy (non-hydrogen) atoms. The van der Waals surface area contributed by atoms with E-state index in [4.69, 9.17) is 18.9 Å². The lowest BCUT2D eigenvalue weighted by molar-refractivity contribution is -0.870. The van der Waals surface area contributed by atoms with E-state index < -0.39 is 24.3 Å². The second-order valence-corrected chi connectivity index (χ2v) is 20.5. The van der Waals surface area contributed by atoms with Crippen LogP contribution < -0.4 is 5.11 Å². The molecule has 2 atom stereocenters. The average Bonchev–Trinajstić information content (AvgIpc) is 3.36. The molecule has 0 radical (unpaired) electrons. The Bertz CT molecular complexity index is 1520. The summed E-state index contributed by atoms with van der Waals surface area (Å²) in [6.45, 7) is 4.50. The predicted octanol–water partition coefficient (Wildman–Crippen LogP) is 16.0. The number of likely N-dealkylation sites (N-methyl/N-ethyl adjacent to an activating group) is 1. The zero-order chi connectivity index (χ0) is 53.4. The first-order valence-corrected chi connectivity index (χ1v) is 29.4. The number of ether oxygens (including phenoxy) is 4. The second kappa shape index (κ2) is 54.5. The van der Waals surface area contributed by atoms with Gasteiger partial charge < -0.3 is 33.3 Å². The van der Waals surface area contributed by atoms with Crippen molar-refractivity contribution in [2.45, 2.75) is 245 Å². The molecule has 0 heterocycles. The Hall–Kier alpha value is -3.79. The fourth-order valence-corrected chi connectivity index (χ4v) is 7.87. The molecule has 0 spiro atoms. The molecule has 0 saturated heterocycles. The maximum absolute atomic E-state index is 12.9. The van der Waals surface area contributed by atoms with Gasteiger partial charge in [-0.3, -0.25) is 9.59 Å². The van der Waals surface area contributed by atoms with Gasteiger partial charge in [0.05, 0.1) is 40.3 Å². The minimum Gasteiger partial charge on any atom is -0.545 e. The lowest BCUT2D eigenvalue weighted by Gasteiger charge is -2.26. The van der Waals surface area contributed by atoms with E-state index in [-0.39, 0.29) is 38.6 Å². The van der Waals surface area contributed by atoms with E-state index in [0.29, 0.717) is 17.4 Å². The summed E-state index contributed by atoms with van der Waals surface area (Å²) < 4.78 is 22.7. The third-order valence-electron chi connectivity index (χ3n) is 12.3. The molecule has 0 N–H and O–H groups in total. The molecule has 0 aliphatic carbocycles. The van der Waals surface area contributed by atoms with Crippen LogP contribution in [0.5, 0.6) is 0 Å². The molecule has 0 fully saturated rings. The number of allylic oxidation sites excluding steroid dienone is 16. The third-order valence-corrected chi connectivity index (χ3v) is 12.3. The van der Waals surface area contributed by atoms with Crippen LogP contribution in [0.25, 0.3) is 0 Å². The van der Waals surface area contributed by atoms with Gasteiger partial charge in [0.2, 0.25) is 0 Å². The van der Waals surface area contributed by atoms with E-state index >= 15 is 0 Å². The normalized spacial score (nSPS) is 13.5. The van der Waals surface area contributed by atoms with Crippen molar-refractivity contribution in [3.05, 3.63) is 97.2 Å².